The number of ketones is 1. The van der Waals surface area contributed by atoms with Gasteiger partial charge in [-0.05, 0) is 12.1 Å². The van der Waals surface area contributed by atoms with Crippen LogP contribution in [0.25, 0.3) is 22.1 Å². The maximum atomic E-state index is 11.8. The van der Waals surface area contributed by atoms with Crippen molar-refractivity contribution >= 4 is 22.7 Å². The zero-order valence-corrected chi connectivity index (χ0v) is 11.3. The summed E-state index contributed by atoms with van der Waals surface area (Å²) in [6, 6.07) is 9.18. The van der Waals surface area contributed by atoms with Crippen molar-refractivity contribution in [3.63, 3.8) is 0 Å². The molecule has 0 radical (unpaired) electrons. The van der Waals surface area contributed by atoms with Crippen molar-refractivity contribution in [3.05, 3.63) is 48.6 Å². The number of methoxy groups -OCH3 is 1. The van der Waals surface area contributed by atoms with Crippen LogP contribution in [0.4, 0.5) is 0 Å². The van der Waals surface area contributed by atoms with E-state index < -0.39 is 11.8 Å². The minimum absolute atomic E-state index is 0.126. The number of esters is 1. The standard InChI is InChI=1S/C16H12O5/c1-19-16(18)7-13(17)15-6-10(8-20-15)12-9-21-14-5-3-2-4-11(12)14/h2-6,8-9H,7H2,1H3. The Kier molecular flexibility index (Phi) is 3.31. The molecule has 5 nitrogen and oxygen atoms in total. The number of carbonyl (C=O) groups excluding carboxylic acids is 2. The van der Waals surface area contributed by atoms with Crippen molar-refractivity contribution in [2.45, 2.75) is 6.42 Å². The lowest BCUT2D eigenvalue weighted by atomic mass is 10.1. The van der Waals surface area contributed by atoms with Crippen molar-refractivity contribution in [2.24, 2.45) is 0 Å². The molecule has 5 heteroatoms. The summed E-state index contributed by atoms with van der Waals surface area (Å²) >= 11 is 0. The summed E-state index contributed by atoms with van der Waals surface area (Å²) in [6.45, 7) is 0. The molecular formula is C16H12O5. The molecule has 0 spiro atoms. The van der Waals surface area contributed by atoms with E-state index >= 15 is 0 Å². The third-order valence-corrected chi connectivity index (χ3v) is 3.20. The number of ether oxygens (including phenoxy) is 1. The van der Waals surface area contributed by atoms with Crippen LogP contribution < -0.4 is 0 Å². The molecular weight excluding hydrogens is 272 g/mol. The molecule has 0 saturated heterocycles. The van der Waals surface area contributed by atoms with E-state index in [1.807, 2.05) is 24.3 Å². The smallest absolute Gasteiger partial charge is 0.313 e. The number of hydrogen-bond acceptors (Lipinski definition) is 5. The number of Topliss-reactive ketones (excluding diaryl/α,β-unsaturated/α-hetero) is 1. The van der Waals surface area contributed by atoms with Gasteiger partial charge in [0.05, 0.1) is 19.6 Å². The number of furan rings is 2. The lowest BCUT2D eigenvalue weighted by molar-refractivity contribution is -0.139. The number of carbonyl (C=O) groups is 2. The second-order valence-electron chi connectivity index (χ2n) is 4.52. The van der Waals surface area contributed by atoms with Gasteiger partial charge in [0.2, 0.25) is 5.78 Å². The minimum atomic E-state index is -0.591. The van der Waals surface area contributed by atoms with Gasteiger partial charge in [-0.15, -0.1) is 0 Å². The SMILES string of the molecule is COC(=O)CC(=O)c1cc(-c2coc3ccccc23)co1. The van der Waals surface area contributed by atoms with E-state index in [1.54, 1.807) is 12.3 Å². The molecule has 0 atom stereocenters. The van der Waals surface area contributed by atoms with Crippen molar-refractivity contribution in [2.75, 3.05) is 7.11 Å². The molecule has 0 N–H and O–H groups in total. The highest BCUT2D eigenvalue weighted by molar-refractivity contribution is 6.05. The molecule has 0 bridgehead atoms. The van der Waals surface area contributed by atoms with Gasteiger partial charge in [0.15, 0.2) is 5.76 Å². The average molecular weight is 284 g/mol. The van der Waals surface area contributed by atoms with Crippen molar-refractivity contribution < 1.29 is 23.2 Å². The number of benzene rings is 1. The summed E-state index contributed by atoms with van der Waals surface area (Å²) in [5.41, 5.74) is 2.33. The van der Waals surface area contributed by atoms with Crippen molar-refractivity contribution in [3.8, 4) is 11.1 Å². The van der Waals surface area contributed by atoms with Gasteiger partial charge in [0.25, 0.3) is 0 Å². The Labute approximate surface area is 120 Å². The molecule has 1 aromatic carbocycles. The summed E-state index contributed by atoms with van der Waals surface area (Å²) in [5.74, 6) is -0.881. The Morgan fingerprint density at radius 1 is 1.14 bits per heavy atom. The second-order valence-corrected chi connectivity index (χ2v) is 4.52. The van der Waals surface area contributed by atoms with Crippen molar-refractivity contribution in [1.82, 2.24) is 0 Å². The van der Waals surface area contributed by atoms with Gasteiger partial charge < -0.3 is 13.6 Å². The van der Waals surface area contributed by atoms with Crippen LogP contribution in [-0.2, 0) is 9.53 Å². The number of para-hydroxylation sites is 1. The monoisotopic (exact) mass is 284 g/mol. The maximum absolute atomic E-state index is 11.8. The van der Waals surface area contributed by atoms with Crippen molar-refractivity contribution in [1.29, 1.82) is 0 Å². The number of rotatable bonds is 4. The highest BCUT2D eigenvalue weighted by atomic mass is 16.5. The summed E-state index contributed by atoms with van der Waals surface area (Å²) in [5, 5.41) is 0.935. The van der Waals surface area contributed by atoms with Crippen LogP contribution in [0.15, 0.2) is 51.7 Å². The topological polar surface area (TPSA) is 69.7 Å². The van der Waals surface area contributed by atoms with E-state index in [9.17, 15) is 9.59 Å². The van der Waals surface area contributed by atoms with Crippen LogP contribution in [0.1, 0.15) is 17.0 Å². The third kappa shape index (κ3) is 2.45. The Morgan fingerprint density at radius 2 is 1.95 bits per heavy atom. The zero-order chi connectivity index (χ0) is 14.8. The summed E-state index contributed by atoms with van der Waals surface area (Å²) in [4.78, 5) is 22.9. The Hall–Kier alpha value is -2.82. The first-order valence-electron chi connectivity index (χ1n) is 6.34. The van der Waals surface area contributed by atoms with E-state index in [4.69, 9.17) is 8.83 Å². The first-order chi connectivity index (χ1) is 10.2. The highest BCUT2D eigenvalue weighted by Crippen LogP contribution is 2.31. The first-order valence-corrected chi connectivity index (χ1v) is 6.34. The average Bonchev–Trinajstić information content (AvgIpc) is 3.13. The van der Waals surface area contributed by atoms with Gasteiger partial charge in [-0.1, -0.05) is 18.2 Å². The fourth-order valence-electron chi connectivity index (χ4n) is 2.12. The molecule has 21 heavy (non-hydrogen) atoms. The maximum Gasteiger partial charge on any atom is 0.313 e. The molecule has 3 rings (SSSR count). The normalized spacial score (nSPS) is 10.7. The zero-order valence-electron chi connectivity index (χ0n) is 11.3. The Balaban J connectivity index is 1.91. The molecule has 2 heterocycles. The minimum Gasteiger partial charge on any atom is -0.469 e. The fourth-order valence-corrected chi connectivity index (χ4v) is 2.12. The summed E-state index contributed by atoms with van der Waals surface area (Å²) in [6.07, 6.45) is 2.75. The molecule has 2 aromatic heterocycles. The largest absolute Gasteiger partial charge is 0.469 e. The van der Waals surface area contributed by atoms with E-state index in [2.05, 4.69) is 4.74 Å². The third-order valence-electron chi connectivity index (χ3n) is 3.20. The number of hydrogen-bond donors (Lipinski definition) is 0. The highest BCUT2D eigenvalue weighted by Gasteiger charge is 2.18. The van der Waals surface area contributed by atoms with E-state index in [0.29, 0.717) is 0 Å². The van der Waals surface area contributed by atoms with Crippen LogP contribution in [0, 0.1) is 0 Å². The summed E-state index contributed by atoms with van der Waals surface area (Å²) in [7, 11) is 1.24. The molecule has 0 aliphatic carbocycles. The molecule has 0 fully saturated rings. The van der Waals surface area contributed by atoms with Crippen LogP contribution >= 0.6 is 0 Å². The molecule has 0 aliphatic rings. The molecule has 106 valence electrons. The molecule has 3 aromatic rings. The van der Waals surface area contributed by atoms with Crippen LogP contribution in [-0.4, -0.2) is 18.9 Å². The molecule has 0 aliphatic heterocycles. The molecule has 0 unspecified atom stereocenters. The lowest BCUT2D eigenvalue weighted by Gasteiger charge is -1.95. The van der Waals surface area contributed by atoms with E-state index in [-0.39, 0.29) is 12.2 Å². The lowest BCUT2D eigenvalue weighted by Crippen LogP contribution is -2.08. The van der Waals surface area contributed by atoms with Gasteiger partial charge >= 0.3 is 5.97 Å². The van der Waals surface area contributed by atoms with Crippen LogP contribution in [0.5, 0.6) is 0 Å². The van der Waals surface area contributed by atoms with Gasteiger partial charge in [0.1, 0.15) is 12.0 Å². The van der Waals surface area contributed by atoms with Crippen LogP contribution in [0.3, 0.4) is 0 Å². The van der Waals surface area contributed by atoms with Gasteiger partial charge in [0, 0.05) is 16.5 Å². The summed E-state index contributed by atoms with van der Waals surface area (Å²) < 4.78 is 15.2. The quantitative estimate of drug-likeness (QED) is 0.417. The molecule has 0 amide bonds. The molecule has 0 saturated carbocycles. The number of fused-ring (bicyclic) bond motifs is 1. The van der Waals surface area contributed by atoms with Gasteiger partial charge in [-0.3, -0.25) is 9.59 Å². The van der Waals surface area contributed by atoms with E-state index in [1.165, 1.54) is 13.4 Å². The second kappa shape index (κ2) is 5.28. The van der Waals surface area contributed by atoms with Gasteiger partial charge in [-0.25, -0.2) is 0 Å². The Bertz CT molecular complexity index is 809. The fraction of sp³-hybridized carbons (Fsp3) is 0.125. The predicted octanol–water partition coefficient (Wildman–Crippen LogP) is 3.44. The predicted molar refractivity (Wildman–Crippen MR) is 74.9 cm³/mol. The van der Waals surface area contributed by atoms with E-state index in [0.717, 1.165) is 22.1 Å². The van der Waals surface area contributed by atoms with Gasteiger partial charge in [-0.2, -0.15) is 0 Å². The van der Waals surface area contributed by atoms with Crippen LogP contribution in [0.2, 0.25) is 0 Å². The Morgan fingerprint density at radius 3 is 2.76 bits per heavy atom. The first kappa shape index (κ1) is 13.2.